The zero-order valence-corrected chi connectivity index (χ0v) is 15.4. The molecule has 3 aromatic rings. The fraction of sp³-hybridized carbons (Fsp3) is 0.353. The zero-order chi connectivity index (χ0) is 18.1. The van der Waals surface area contributed by atoms with Crippen LogP contribution in [-0.2, 0) is 17.8 Å². The molecule has 3 atom stereocenters. The summed E-state index contributed by atoms with van der Waals surface area (Å²) in [6.45, 7) is 1.10. The molecule has 1 aromatic carbocycles. The summed E-state index contributed by atoms with van der Waals surface area (Å²) >= 11 is 3.46. The molecule has 1 fully saturated rings. The standard InChI is InChI=1S/C17H18BrN5O3/c18-11-3-1-2-10(4-11)5-19-16-14-17(21-8-20-16)23(9-22-14)6-13-15(25)12(24)7-26-13/h1-4,8-9,12-13,15,24-25H,5-7H2,(H,19,20,21)/t12-,13+,15-/m1/s1. The molecule has 3 heterocycles. The molecule has 0 amide bonds. The third-order valence-electron chi connectivity index (χ3n) is 4.38. The van der Waals surface area contributed by atoms with Crippen LogP contribution in [0.2, 0.25) is 0 Å². The highest BCUT2D eigenvalue weighted by Crippen LogP contribution is 2.22. The number of hydrogen-bond donors (Lipinski definition) is 3. The van der Waals surface area contributed by atoms with Crippen LogP contribution in [0.4, 0.5) is 5.82 Å². The minimum absolute atomic E-state index is 0.132. The molecular formula is C17H18BrN5O3. The topological polar surface area (TPSA) is 105 Å². The van der Waals surface area contributed by atoms with E-state index in [1.54, 1.807) is 10.9 Å². The van der Waals surface area contributed by atoms with Gasteiger partial charge in [-0.2, -0.15) is 0 Å². The molecule has 1 saturated heterocycles. The molecular weight excluding hydrogens is 402 g/mol. The number of aliphatic hydroxyl groups excluding tert-OH is 2. The molecule has 0 saturated carbocycles. The third kappa shape index (κ3) is 3.43. The Balaban J connectivity index is 1.53. The third-order valence-corrected chi connectivity index (χ3v) is 4.88. The Morgan fingerprint density at radius 3 is 2.92 bits per heavy atom. The van der Waals surface area contributed by atoms with Crippen molar-refractivity contribution in [1.29, 1.82) is 0 Å². The highest BCUT2D eigenvalue weighted by atomic mass is 79.9. The van der Waals surface area contributed by atoms with Crippen LogP contribution in [-0.4, -0.2) is 54.7 Å². The first-order valence-corrected chi connectivity index (χ1v) is 9.03. The molecule has 8 nitrogen and oxygen atoms in total. The summed E-state index contributed by atoms with van der Waals surface area (Å²) in [7, 11) is 0. The molecule has 26 heavy (non-hydrogen) atoms. The first-order chi connectivity index (χ1) is 12.6. The largest absolute Gasteiger partial charge is 0.388 e. The van der Waals surface area contributed by atoms with Crippen LogP contribution >= 0.6 is 15.9 Å². The lowest BCUT2D eigenvalue weighted by molar-refractivity contribution is 0.0157. The van der Waals surface area contributed by atoms with Crippen molar-refractivity contribution in [3.05, 3.63) is 47.0 Å². The molecule has 0 spiro atoms. The summed E-state index contributed by atoms with van der Waals surface area (Å²) in [5.41, 5.74) is 2.41. The Kier molecular flexibility index (Phi) is 4.86. The number of nitrogens with one attached hydrogen (secondary N) is 1. The number of halogens is 1. The number of ether oxygens (including phenoxy) is 1. The highest BCUT2D eigenvalue weighted by Gasteiger charge is 2.35. The molecule has 0 unspecified atom stereocenters. The summed E-state index contributed by atoms with van der Waals surface area (Å²) in [6.07, 6.45) is 0.861. The summed E-state index contributed by atoms with van der Waals surface area (Å²) in [5.74, 6) is 0.640. The van der Waals surface area contributed by atoms with Gasteiger partial charge in [-0.05, 0) is 17.7 Å². The van der Waals surface area contributed by atoms with E-state index in [4.69, 9.17) is 4.74 Å². The van der Waals surface area contributed by atoms with Gasteiger partial charge in [0.05, 0.1) is 19.5 Å². The molecule has 3 N–H and O–H groups in total. The van der Waals surface area contributed by atoms with Gasteiger partial charge in [0.25, 0.3) is 0 Å². The summed E-state index contributed by atoms with van der Waals surface area (Å²) in [5, 5.41) is 22.9. The monoisotopic (exact) mass is 419 g/mol. The Bertz CT molecular complexity index is 918. The van der Waals surface area contributed by atoms with Crippen LogP contribution in [0.1, 0.15) is 5.56 Å². The second-order valence-corrected chi connectivity index (χ2v) is 7.12. The second-order valence-electron chi connectivity index (χ2n) is 6.20. The minimum atomic E-state index is -0.914. The molecule has 1 aliphatic rings. The van der Waals surface area contributed by atoms with Gasteiger partial charge in [0.15, 0.2) is 11.5 Å². The smallest absolute Gasteiger partial charge is 0.165 e. The van der Waals surface area contributed by atoms with Crippen LogP contribution in [0.15, 0.2) is 41.4 Å². The molecule has 2 aromatic heterocycles. The first kappa shape index (κ1) is 17.3. The van der Waals surface area contributed by atoms with Crippen molar-refractivity contribution >= 4 is 32.9 Å². The molecule has 136 valence electrons. The van der Waals surface area contributed by atoms with Gasteiger partial charge in [-0.25, -0.2) is 15.0 Å². The Morgan fingerprint density at radius 2 is 2.15 bits per heavy atom. The fourth-order valence-electron chi connectivity index (χ4n) is 3.00. The van der Waals surface area contributed by atoms with E-state index in [-0.39, 0.29) is 6.61 Å². The Morgan fingerprint density at radius 1 is 1.27 bits per heavy atom. The van der Waals surface area contributed by atoms with Gasteiger partial charge in [-0.15, -0.1) is 0 Å². The van der Waals surface area contributed by atoms with Crippen LogP contribution in [0.5, 0.6) is 0 Å². The number of benzene rings is 1. The quantitative estimate of drug-likeness (QED) is 0.572. The average molecular weight is 420 g/mol. The molecule has 1 aliphatic heterocycles. The number of nitrogens with zero attached hydrogens (tertiary/aromatic N) is 4. The van der Waals surface area contributed by atoms with Crippen LogP contribution < -0.4 is 5.32 Å². The van der Waals surface area contributed by atoms with Gasteiger partial charge >= 0.3 is 0 Å². The van der Waals surface area contributed by atoms with Gasteiger partial charge < -0.3 is 24.8 Å². The molecule has 0 aliphatic carbocycles. The maximum atomic E-state index is 9.96. The predicted molar refractivity (Wildman–Crippen MR) is 98.5 cm³/mol. The summed E-state index contributed by atoms with van der Waals surface area (Å²) < 4.78 is 8.25. The second kappa shape index (κ2) is 7.28. The van der Waals surface area contributed by atoms with Gasteiger partial charge in [0, 0.05) is 11.0 Å². The number of anilines is 1. The van der Waals surface area contributed by atoms with Crippen LogP contribution in [0.25, 0.3) is 11.2 Å². The maximum Gasteiger partial charge on any atom is 0.165 e. The number of fused-ring (bicyclic) bond motifs is 1. The number of hydrogen-bond acceptors (Lipinski definition) is 7. The molecule has 0 bridgehead atoms. The number of aromatic nitrogens is 4. The van der Waals surface area contributed by atoms with Crippen molar-refractivity contribution in [2.75, 3.05) is 11.9 Å². The minimum Gasteiger partial charge on any atom is -0.388 e. The van der Waals surface area contributed by atoms with Crippen molar-refractivity contribution in [3.63, 3.8) is 0 Å². The number of aliphatic hydroxyl groups is 2. The van der Waals surface area contributed by atoms with Crippen molar-refractivity contribution in [1.82, 2.24) is 19.5 Å². The normalized spacial score (nSPS) is 22.8. The van der Waals surface area contributed by atoms with E-state index in [0.29, 0.717) is 30.1 Å². The van der Waals surface area contributed by atoms with E-state index < -0.39 is 18.3 Å². The van der Waals surface area contributed by atoms with E-state index in [1.165, 1.54) is 6.33 Å². The van der Waals surface area contributed by atoms with Gasteiger partial charge in [0.2, 0.25) is 0 Å². The lowest BCUT2D eigenvalue weighted by Crippen LogP contribution is -2.32. The maximum absolute atomic E-state index is 9.96. The Labute approximate surface area is 158 Å². The summed E-state index contributed by atoms with van der Waals surface area (Å²) in [4.78, 5) is 13.0. The van der Waals surface area contributed by atoms with E-state index in [0.717, 1.165) is 10.0 Å². The predicted octanol–water partition coefficient (Wildman–Crippen LogP) is 1.32. The lowest BCUT2D eigenvalue weighted by Gasteiger charge is -2.15. The Hall–Kier alpha value is -2.07. The van der Waals surface area contributed by atoms with Gasteiger partial charge in [0.1, 0.15) is 30.2 Å². The van der Waals surface area contributed by atoms with Crippen molar-refractivity contribution in [2.45, 2.75) is 31.4 Å². The lowest BCUT2D eigenvalue weighted by atomic mass is 10.1. The molecule has 0 radical (unpaired) electrons. The average Bonchev–Trinajstić information content (AvgIpc) is 3.19. The van der Waals surface area contributed by atoms with Crippen molar-refractivity contribution in [2.24, 2.45) is 0 Å². The fourth-order valence-corrected chi connectivity index (χ4v) is 3.44. The first-order valence-electron chi connectivity index (χ1n) is 8.23. The van der Waals surface area contributed by atoms with Gasteiger partial charge in [-0.1, -0.05) is 28.1 Å². The SMILES string of the molecule is O[C@@H]1[C@H](O)CO[C@H]1Cn1cnc2c(NCc3cccc(Br)c3)ncnc21. The van der Waals surface area contributed by atoms with E-state index in [1.807, 2.05) is 24.3 Å². The molecule has 4 rings (SSSR count). The van der Waals surface area contributed by atoms with E-state index >= 15 is 0 Å². The number of rotatable bonds is 5. The van der Waals surface area contributed by atoms with E-state index in [2.05, 4.69) is 36.2 Å². The summed E-state index contributed by atoms with van der Waals surface area (Å²) in [6, 6.07) is 8.02. The van der Waals surface area contributed by atoms with Gasteiger partial charge in [-0.3, -0.25) is 0 Å². The number of imidazole rings is 1. The van der Waals surface area contributed by atoms with E-state index in [9.17, 15) is 10.2 Å². The van der Waals surface area contributed by atoms with Crippen molar-refractivity contribution in [3.8, 4) is 0 Å². The van der Waals surface area contributed by atoms with Crippen LogP contribution in [0.3, 0.4) is 0 Å². The van der Waals surface area contributed by atoms with Crippen LogP contribution in [0, 0.1) is 0 Å². The highest BCUT2D eigenvalue weighted by molar-refractivity contribution is 9.10. The van der Waals surface area contributed by atoms with Crippen molar-refractivity contribution < 1.29 is 14.9 Å². The molecule has 9 heteroatoms. The zero-order valence-electron chi connectivity index (χ0n) is 13.8.